The Hall–Kier alpha value is -1.81. The van der Waals surface area contributed by atoms with Crippen molar-refractivity contribution >= 4 is 18.3 Å². The number of pyridine rings is 1. The van der Waals surface area contributed by atoms with Gasteiger partial charge in [-0.05, 0) is 18.2 Å². The van der Waals surface area contributed by atoms with Gasteiger partial charge < -0.3 is 9.64 Å². The van der Waals surface area contributed by atoms with Crippen molar-refractivity contribution in [2.45, 2.75) is 0 Å². The van der Waals surface area contributed by atoms with Crippen molar-refractivity contribution in [3.05, 3.63) is 48.0 Å². The minimum Gasteiger partial charge on any atom is -0.444 e. The SMILES string of the molecule is Cl.O=C1c2cccnc2OC=C2C=CCN12. The highest BCUT2D eigenvalue weighted by molar-refractivity contribution is 5.98. The van der Waals surface area contributed by atoms with Crippen LogP contribution in [0.2, 0.25) is 0 Å². The third-order valence-electron chi connectivity index (χ3n) is 2.43. The number of fused-ring (bicyclic) bond motifs is 2. The summed E-state index contributed by atoms with van der Waals surface area (Å²) in [5.41, 5.74) is 1.28. The van der Waals surface area contributed by atoms with Gasteiger partial charge in [0, 0.05) is 12.7 Å². The van der Waals surface area contributed by atoms with Gasteiger partial charge in [-0.1, -0.05) is 6.08 Å². The lowest BCUT2D eigenvalue weighted by atomic mass is 10.2. The molecule has 1 amide bonds. The van der Waals surface area contributed by atoms with E-state index in [-0.39, 0.29) is 18.3 Å². The second-order valence-corrected chi connectivity index (χ2v) is 3.33. The van der Waals surface area contributed by atoms with Crippen molar-refractivity contribution in [2.24, 2.45) is 0 Å². The molecule has 2 aliphatic rings. The lowest BCUT2D eigenvalue weighted by molar-refractivity contribution is 0.0832. The summed E-state index contributed by atoms with van der Waals surface area (Å²) in [5, 5.41) is 0. The summed E-state index contributed by atoms with van der Waals surface area (Å²) in [6, 6.07) is 3.45. The van der Waals surface area contributed by atoms with Crippen LogP contribution in [0.3, 0.4) is 0 Å². The number of hydrogen-bond acceptors (Lipinski definition) is 3. The first-order chi connectivity index (χ1) is 7.36. The molecule has 3 heterocycles. The number of amides is 1. The highest BCUT2D eigenvalue weighted by Gasteiger charge is 2.27. The first kappa shape index (κ1) is 10.7. The Bertz CT molecular complexity index is 497. The molecule has 0 fully saturated rings. The Morgan fingerprint density at radius 3 is 3.19 bits per heavy atom. The van der Waals surface area contributed by atoms with Crippen molar-refractivity contribution in [1.29, 1.82) is 0 Å². The predicted molar refractivity (Wildman–Crippen MR) is 60.4 cm³/mol. The zero-order valence-electron chi connectivity index (χ0n) is 8.29. The van der Waals surface area contributed by atoms with E-state index in [1.807, 2.05) is 12.2 Å². The molecule has 3 rings (SSSR count). The Morgan fingerprint density at radius 1 is 1.44 bits per heavy atom. The van der Waals surface area contributed by atoms with Crippen LogP contribution in [0.4, 0.5) is 0 Å². The van der Waals surface area contributed by atoms with Gasteiger partial charge in [0.25, 0.3) is 5.91 Å². The van der Waals surface area contributed by atoms with Gasteiger partial charge in [0.1, 0.15) is 11.8 Å². The Balaban J connectivity index is 0.000000963. The molecule has 0 aromatic carbocycles. The minimum absolute atomic E-state index is 0. The number of ether oxygens (including phenoxy) is 1. The summed E-state index contributed by atoms with van der Waals surface area (Å²) in [7, 11) is 0. The monoisotopic (exact) mass is 236 g/mol. The number of hydrogen-bond donors (Lipinski definition) is 0. The number of allylic oxidation sites excluding steroid dienone is 1. The van der Waals surface area contributed by atoms with Crippen molar-refractivity contribution in [3.8, 4) is 5.88 Å². The standard InChI is InChI=1S/C11H8N2O2.ClH/c14-11-9-4-1-5-12-10(9)15-7-8-3-2-6-13(8)11;/h1-5,7H,6H2;1H. The van der Waals surface area contributed by atoms with E-state index in [0.29, 0.717) is 18.0 Å². The molecule has 82 valence electrons. The molecule has 0 spiro atoms. The van der Waals surface area contributed by atoms with Crippen LogP contribution in [0.15, 0.2) is 42.4 Å². The maximum Gasteiger partial charge on any atom is 0.264 e. The fraction of sp³-hybridized carbons (Fsp3) is 0.0909. The van der Waals surface area contributed by atoms with Gasteiger partial charge in [0.05, 0.1) is 5.70 Å². The molecule has 16 heavy (non-hydrogen) atoms. The first-order valence-electron chi connectivity index (χ1n) is 4.66. The molecule has 2 aliphatic heterocycles. The number of halogens is 1. The van der Waals surface area contributed by atoms with E-state index in [1.54, 1.807) is 29.5 Å². The molecule has 0 unspecified atom stereocenters. The first-order valence-corrected chi connectivity index (χ1v) is 4.66. The zero-order chi connectivity index (χ0) is 10.3. The number of rotatable bonds is 0. The molecule has 0 aliphatic carbocycles. The quantitative estimate of drug-likeness (QED) is 0.689. The minimum atomic E-state index is -0.0631. The predicted octanol–water partition coefficient (Wildman–Crippen LogP) is 1.75. The number of carbonyl (C=O) groups excluding carboxylic acids is 1. The topological polar surface area (TPSA) is 42.4 Å². The van der Waals surface area contributed by atoms with Crippen LogP contribution in [0.25, 0.3) is 0 Å². The van der Waals surface area contributed by atoms with Crippen LogP contribution in [-0.4, -0.2) is 22.3 Å². The van der Waals surface area contributed by atoms with Crippen LogP contribution in [-0.2, 0) is 0 Å². The average Bonchev–Trinajstić information content (AvgIpc) is 2.69. The number of aromatic nitrogens is 1. The second kappa shape index (κ2) is 3.98. The number of carbonyl (C=O) groups is 1. The van der Waals surface area contributed by atoms with Crippen LogP contribution in [0, 0.1) is 0 Å². The zero-order valence-corrected chi connectivity index (χ0v) is 9.11. The largest absolute Gasteiger partial charge is 0.444 e. The summed E-state index contributed by atoms with van der Waals surface area (Å²) in [6.45, 7) is 0.600. The normalized spacial score (nSPS) is 16.6. The van der Waals surface area contributed by atoms with Gasteiger partial charge in [-0.15, -0.1) is 12.4 Å². The van der Waals surface area contributed by atoms with Crippen molar-refractivity contribution < 1.29 is 9.53 Å². The highest BCUT2D eigenvalue weighted by Crippen LogP contribution is 2.26. The molecule has 4 nitrogen and oxygen atoms in total. The molecule has 5 heteroatoms. The summed E-state index contributed by atoms with van der Waals surface area (Å²) >= 11 is 0. The summed E-state index contributed by atoms with van der Waals surface area (Å²) in [5.74, 6) is 0.310. The average molecular weight is 237 g/mol. The van der Waals surface area contributed by atoms with Gasteiger partial charge >= 0.3 is 0 Å². The summed E-state index contributed by atoms with van der Waals surface area (Å²) < 4.78 is 5.35. The van der Waals surface area contributed by atoms with E-state index in [1.165, 1.54) is 0 Å². The lowest BCUT2D eigenvalue weighted by Gasteiger charge is -2.14. The van der Waals surface area contributed by atoms with E-state index in [9.17, 15) is 4.79 Å². The second-order valence-electron chi connectivity index (χ2n) is 3.33. The van der Waals surface area contributed by atoms with Gasteiger partial charge in [0.2, 0.25) is 5.88 Å². The summed E-state index contributed by atoms with van der Waals surface area (Å²) in [4.78, 5) is 17.7. The number of nitrogens with zero attached hydrogens (tertiary/aromatic N) is 2. The fourth-order valence-corrected chi connectivity index (χ4v) is 1.69. The maximum absolute atomic E-state index is 12.0. The fourth-order valence-electron chi connectivity index (χ4n) is 1.69. The van der Waals surface area contributed by atoms with Crippen LogP contribution >= 0.6 is 12.4 Å². The Morgan fingerprint density at radius 2 is 2.31 bits per heavy atom. The molecule has 1 aromatic heterocycles. The highest BCUT2D eigenvalue weighted by atomic mass is 35.5. The van der Waals surface area contributed by atoms with Crippen LogP contribution in [0.1, 0.15) is 10.4 Å². The van der Waals surface area contributed by atoms with Gasteiger partial charge in [-0.25, -0.2) is 4.98 Å². The summed E-state index contributed by atoms with van der Waals surface area (Å²) in [6.07, 6.45) is 6.95. The van der Waals surface area contributed by atoms with Gasteiger partial charge in [-0.2, -0.15) is 0 Å². The molecule has 0 N–H and O–H groups in total. The van der Waals surface area contributed by atoms with Crippen LogP contribution < -0.4 is 4.74 Å². The van der Waals surface area contributed by atoms with E-state index in [0.717, 1.165) is 5.70 Å². The van der Waals surface area contributed by atoms with E-state index in [2.05, 4.69) is 4.98 Å². The molecule has 1 aromatic rings. The molecular weight excluding hydrogens is 228 g/mol. The lowest BCUT2D eigenvalue weighted by Crippen LogP contribution is -2.26. The molecule has 0 saturated heterocycles. The molecular formula is C11H9ClN2O2. The maximum atomic E-state index is 12.0. The van der Waals surface area contributed by atoms with Crippen molar-refractivity contribution in [3.63, 3.8) is 0 Å². The smallest absolute Gasteiger partial charge is 0.264 e. The Kier molecular flexibility index (Phi) is 2.66. The third-order valence-corrected chi connectivity index (χ3v) is 2.43. The molecule has 0 bridgehead atoms. The molecule has 0 atom stereocenters. The molecule has 0 radical (unpaired) electrons. The van der Waals surface area contributed by atoms with Gasteiger partial charge in [0.15, 0.2) is 0 Å². The van der Waals surface area contributed by atoms with Crippen molar-refractivity contribution in [1.82, 2.24) is 9.88 Å². The van der Waals surface area contributed by atoms with Gasteiger partial charge in [-0.3, -0.25) is 4.79 Å². The third kappa shape index (κ3) is 1.47. The van der Waals surface area contributed by atoms with E-state index < -0.39 is 0 Å². The van der Waals surface area contributed by atoms with Crippen LogP contribution in [0.5, 0.6) is 5.88 Å². The Labute approximate surface area is 98.6 Å². The van der Waals surface area contributed by atoms with Crippen molar-refractivity contribution in [2.75, 3.05) is 6.54 Å². The van der Waals surface area contributed by atoms with E-state index in [4.69, 9.17) is 4.74 Å². The molecule has 0 saturated carbocycles. The van der Waals surface area contributed by atoms with E-state index >= 15 is 0 Å².